The molecule has 2 rings (SSSR count). The second-order valence-corrected chi connectivity index (χ2v) is 7.23. The summed E-state index contributed by atoms with van der Waals surface area (Å²) < 4.78 is 5.37. The molecular weight excluding hydrogens is 324 g/mol. The van der Waals surface area contributed by atoms with Crippen LogP contribution in [0.25, 0.3) is 0 Å². The zero-order valence-corrected chi connectivity index (χ0v) is 14.9. The van der Waals surface area contributed by atoms with Crippen molar-refractivity contribution in [3.8, 4) is 0 Å². The summed E-state index contributed by atoms with van der Waals surface area (Å²) in [6.45, 7) is 6.03. The Morgan fingerprint density at radius 3 is 2.54 bits per heavy atom. The number of rotatable bonds is 7. The summed E-state index contributed by atoms with van der Waals surface area (Å²) in [5.41, 5.74) is 0.915. The number of thiazole rings is 1. The molecule has 1 aromatic heterocycles. The zero-order valence-electron chi connectivity index (χ0n) is 14.1. The van der Waals surface area contributed by atoms with E-state index in [9.17, 15) is 9.59 Å². The number of ether oxygens (including phenoxy) is 1. The van der Waals surface area contributed by atoms with Crippen molar-refractivity contribution in [2.24, 2.45) is 5.92 Å². The predicted molar refractivity (Wildman–Crippen MR) is 93.8 cm³/mol. The largest absolute Gasteiger partial charge is 0.459 e. The molecule has 0 saturated heterocycles. The van der Waals surface area contributed by atoms with Crippen molar-refractivity contribution in [2.45, 2.75) is 39.8 Å². The van der Waals surface area contributed by atoms with E-state index in [1.54, 1.807) is 0 Å². The molecule has 1 N–H and O–H groups in total. The number of carbonyl (C=O) groups excluding carboxylic acids is 2. The maximum Gasteiger partial charge on any atom is 0.328 e. The molecule has 0 aliphatic carbocycles. The van der Waals surface area contributed by atoms with Crippen LogP contribution in [-0.2, 0) is 16.1 Å². The highest BCUT2D eigenvalue weighted by molar-refractivity contribution is 7.13. The van der Waals surface area contributed by atoms with E-state index in [1.807, 2.05) is 51.1 Å². The Hall–Kier alpha value is -2.21. The summed E-state index contributed by atoms with van der Waals surface area (Å²) in [7, 11) is 0. The fourth-order valence-corrected chi connectivity index (χ4v) is 2.89. The lowest BCUT2D eigenvalue weighted by Crippen LogP contribution is -2.42. The smallest absolute Gasteiger partial charge is 0.328 e. The van der Waals surface area contributed by atoms with Gasteiger partial charge in [0, 0.05) is 0 Å². The summed E-state index contributed by atoms with van der Waals surface area (Å²) >= 11 is 1.30. The van der Waals surface area contributed by atoms with Crippen LogP contribution in [0.5, 0.6) is 0 Å². The van der Waals surface area contributed by atoms with Gasteiger partial charge in [0.05, 0.1) is 11.2 Å². The van der Waals surface area contributed by atoms with E-state index in [0.29, 0.717) is 11.3 Å². The minimum atomic E-state index is -0.663. The van der Waals surface area contributed by atoms with E-state index in [-0.39, 0.29) is 18.4 Å². The number of nitrogens with one attached hydrogen (secondary N) is 1. The van der Waals surface area contributed by atoms with Crippen molar-refractivity contribution in [2.75, 3.05) is 0 Å². The Bertz CT molecular complexity index is 683. The first-order chi connectivity index (χ1) is 11.5. The number of hydrogen-bond donors (Lipinski definition) is 1. The highest BCUT2D eigenvalue weighted by Gasteiger charge is 2.24. The average Bonchev–Trinajstić information content (AvgIpc) is 2.99. The number of aryl methyl sites for hydroxylation is 1. The van der Waals surface area contributed by atoms with E-state index in [0.717, 1.165) is 10.6 Å². The lowest BCUT2D eigenvalue weighted by Gasteiger charge is -2.19. The standard InChI is InChI=1S/C18H22N2O3S/c1-12(2)9-15(20-17(21)16-10-19-13(3)24-16)18(22)23-11-14-7-5-4-6-8-14/h4-8,10,12,15H,9,11H2,1-3H3,(H,20,21)/t15-/m0/s1. The molecule has 0 spiro atoms. The van der Waals surface area contributed by atoms with Crippen LogP contribution in [0, 0.1) is 12.8 Å². The number of hydrogen-bond acceptors (Lipinski definition) is 5. The topological polar surface area (TPSA) is 68.3 Å². The van der Waals surface area contributed by atoms with Crippen molar-refractivity contribution in [1.29, 1.82) is 0 Å². The second kappa shape index (κ2) is 8.59. The molecule has 6 heteroatoms. The van der Waals surface area contributed by atoms with Crippen LogP contribution in [-0.4, -0.2) is 22.9 Å². The quantitative estimate of drug-likeness (QED) is 0.781. The van der Waals surface area contributed by atoms with Gasteiger partial charge in [-0.2, -0.15) is 0 Å². The van der Waals surface area contributed by atoms with E-state index in [1.165, 1.54) is 17.5 Å². The Kier molecular flexibility index (Phi) is 6.49. The SMILES string of the molecule is Cc1ncc(C(=O)N[C@@H](CC(C)C)C(=O)OCc2ccccc2)s1. The van der Waals surface area contributed by atoms with E-state index >= 15 is 0 Å². The Morgan fingerprint density at radius 1 is 1.25 bits per heavy atom. The number of benzene rings is 1. The zero-order chi connectivity index (χ0) is 17.5. The van der Waals surface area contributed by atoms with Crippen LogP contribution >= 0.6 is 11.3 Å². The molecule has 1 atom stereocenters. The maximum absolute atomic E-state index is 12.4. The van der Waals surface area contributed by atoms with E-state index in [4.69, 9.17) is 4.74 Å². The van der Waals surface area contributed by atoms with Gasteiger partial charge < -0.3 is 10.1 Å². The molecular formula is C18H22N2O3S. The number of nitrogens with zero attached hydrogens (tertiary/aromatic N) is 1. The lowest BCUT2D eigenvalue weighted by atomic mass is 10.0. The molecule has 1 heterocycles. The van der Waals surface area contributed by atoms with Gasteiger partial charge in [-0.05, 0) is 24.8 Å². The van der Waals surface area contributed by atoms with E-state index in [2.05, 4.69) is 10.3 Å². The first kappa shape index (κ1) is 18.1. The van der Waals surface area contributed by atoms with Crippen LogP contribution < -0.4 is 5.32 Å². The molecule has 0 radical (unpaired) electrons. The van der Waals surface area contributed by atoms with Crippen LogP contribution in [0.3, 0.4) is 0 Å². The Balaban J connectivity index is 1.98. The van der Waals surface area contributed by atoms with Gasteiger partial charge in [-0.15, -0.1) is 11.3 Å². The second-order valence-electron chi connectivity index (χ2n) is 5.99. The molecule has 0 fully saturated rings. The van der Waals surface area contributed by atoms with Gasteiger partial charge in [-0.3, -0.25) is 4.79 Å². The third-order valence-corrected chi connectivity index (χ3v) is 4.28. The lowest BCUT2D eigenvalue weighted by molar-refractivity contribution is -0.147. The molecule has 0 saturated carbocycles. The number of amides is 1. The molecule has 1 amide bonds. The summed E-state index contributed by atoms with van der Waals surface area (Å²) in [6.07, 6.45) is 2.05. The van der Waals surface area contributed by atoms with Crippen molar-refractivity contribution in [3.63, 3.8) is 0 Å². The van der Waals surface area contributed by atoms with Crippen molar-refractivity contribution < 1.29 is 14.3 Å². The van der Waals surface area contributed by atoms with Crippen LogP contribution in [0.1, 0.15) is 40.5 Å². The molecule has 1 aromatic carbocycles. The maximum atomic E-state index is 12.4. The van der Waals surface area contributed by atoms with Gasteiger partial charge >= 0.3 is 5.97 Å². The van der Waals surface area contributed by atoms with Crippen LogP contribution in [0.15, 0.2) is 36.5 Å². The third-order valence-electron chi connectivity index (χ3n) is 3.37. The van der Waals surface area contributed by atoms with Crippen molar-refractivity contribution in [3.05, 3.63) is 52.0 Å². The van der Waals surface area contributed by atoms with Gasteiger partial charge in [0.1, 0.15) is 17.5 Å². The third kappa shape index (κ3) is 5.45. The Labute approximate surface area is 146 Å². The highest BCUT2D eigenvalue weighted by Crippen LogP contribution is 2.14. The molecule has 0 aliphatic rings. The van der Waals surface area contributed by atoms with Crippen molar-refractivity contribution >= 4 is 23.2 Å². The van der Waals surface area contributed by atoms with Crippen molar-refractivity contribution in [1.82, 2.24) is 10.3 Å². The average molecular weight is 346 g/mol. The summed E-state index contributed by atoms with van der Waals surface area (Å²) in [4.78, 5) is 29.2. The van der Waals surface area contributed by atoms with Crippen LogP contribution in [0.4, 0.5) is 0 Å². The van der Waals surface area contributed by atoms with Gasteiger partial charge in [-0.1, -0.05) is 44.2 Å². The molecule has 0 bridgehead atoms. The fraction of sp³-hybridized carbons (Fsp3) is 0.389. The Morgan fingerprint density at radius 2 is 1.96 bits per heavy atom. The number of carbonyl (C=O) groups is 2. The molecule has 0 unspecified atom stereocenters. The summed E-state index contributed by atoms with van der Waals surface area (Å²) in [6, 6.07) is 8.81. The molecule has 5 nitrogen and oxygen atoms in total. The normalized spacial score (nSPS) is 12.0. The van der Waals surface area contributed by atoms with Gasteiger partial charge in [0.15, 0.2) is 0 Å². The monoisotopic (exact) mass is 346 g/mol. The predicted octanol–water partition coefficient (Wildman–Crippen LogP) is 3.34. The highest BCUT2D eigenvalue weighted by atomic mass is 32.1. The molecule has 24 heavy (non-hydrogen) atoms. The molecule has 0 aliphatic heterocycles. The number of aromatic nitrogens is 1. The fourth-order valence-electron chi connectivity index (χ4n) is 2.21. The summed E-state index contributed by atoms with van der Waals surface area (Å²) in [5, 5.41) is 3.58. The van der Waals surface area contributed by atoms with Gasteiger partial charge in [0.25, 0.3) is 5.91 Å². The minimum Gasteiger partial charge on any atom is -0.459 e. The molecule has 128 valence electrons. The van der Waals surface area contributed by atoms with Gasteiger partial charge in [-0.25, -0.2) is 9.78 Å². The van der Waals surface area contributed by atoms with Crippen LogP contribution in [0.2, 0.25) is 0 Å². The number of esters is 1. The molecule has 2 aromatic rings. The minimum absolute atomic E-state index is 0.198. The van der Waals surface area contributed by atoms with Gasteiger partial charge in [0.2, 0.25) is 0 Å². The van der Waals surface area contributed by atoms with E-state index < -0.39 is 12.0 Å². The first-order valence-electron chi connectivity index (χ1n) is 7.89. The first-order valence-corrected chi connectivity index (χ1v) is 8.71. The summed E-state index contributed by atoms with van der Waals surface area (Å²) in [5.74, 6) is -0.451.